The minimum absolute atomic E-state index is 0.00774. The molecule has 0 unspecified atom stereocenters. The van der Waals surface area contributed by atoms with Gasteiger partial charge in [0.05, 0.1) is 11.7 Å². The first kappa shape index (κ1) is 18.8. The van der Waals surface area contributed by atoms with Gasteiger partial charge in [0.25, 0.3) is 0 Å². The summed E-state index contributed by atoms with van der Waals surface area (Å²) in [4.78, 5) is 0. The molecule has 0 aliphatic heterocycles. The van der Waals surface area contributed by atoms with Crippen LogP contribution in [0.25, 0.3) is 0 Å². The van der Waals surface area contributed by atoms with Gasteiger partial charge in [0.2, 0.25) is 0 Å². The number of aliphatic hydroxyl groups excluding tert-OH is 1. The molecule has 5 aliphatic carbocycles. The van der Waals surface area contributed by atoms with Gasteiger partial charge in [0, 0.05) is 24.5 Å². The Balaban J connectivity index is 1.49. The Bertz CT molecular complexity index is 599. The maximum Gasteiger partial charge on any atom is 0.0687 e. The third-order valence-electron chi connectivity index (χ3n) is 10.2. The predicted molar refractivity (Wildman–Crippen MR) is 107 cm³/mol. The van der Waals surface area contributed by atoms with Crippen LogP contribution < -0.4 is 10.6 Å². The lowest BCUT2D eigenvalue weighted by atomic mass is 9.32. The molecule has 0 aromatic rings. The molecule has 4 N–H and O–H groups in total. The van der Waals surface area contributed by atoms with Gasteiger partial charge in [-0.15, -0.1) is 0 Å². The Morgan fingerprint density at radius 3 is 2.67 bits per heavy atom. The fourth-order valence-corrected chi connectivity index (χ4v) is 9.37. The summed E-state index contributed by atoms with van der Waals surface area (Å²) in [5, 5.41) is 30.6. The summed E-state index contributed by atoms with van der Waals surface area (Å²) >= 11 is 0. The molecule has 5 aliphatic rings. The molecule has 5 saturated carbocycles. The lowest BCUT2D eigenvalue weighted by molar-refractivity contribution is -0.293. The van der Waals surface area contributed by atoms with Gasteiger partial charge in [0.15, 0.2) is 0 Å². The molecule has 0 radical (unpaired) electrons. The first-order valence-electron chi connectivity index (χ1n) is 11.7. The van der Waals surface area contributed by atoms with Crippen LogP contribution in [0.5, 0.6) is 0 Å². The monoisotopic (exact) mass is 376 g/mol. The average molecular weight is 377 g/mol. The molecule has 0 saturated heterocycles. The van der Waals surface area contributed by atoms with Crippen molar-refractivity contribution in [3.8, 4) is 0 Å². The van der Waals surface area contributed by atoms with Gasteiger partial charge in [-0.25, -0.2) is 0 Å². The highest BCUT2D eigenvalue weighted by molar-refractivity contribution is 5.27. The van der Waals surface area contributed by atoms with E-state index >= 15 is 0 Å². The molecule has 8 atom stereocenters. The van der Waals surface area contributed by atoms with E-state index in [-0.39, 0.29) is 22.3 Å². The third-order valence-corrected chi connectivity index (χ3v) is 10.2. The number of aliphatic hydroxyl groups is 2. The molecule has 0 amide bonds. The summed E-state index contributed by atoms with van der Waals surface area (Å²) in [5.41, 5.74) is -0.104. The number of rotatable bonds is 4. The van der Waals surface area contributed by atoms with E-state index in [1.165, 1.54) is 38.5 Å². The third kappa shape index (κ3) is 2.36. The van der Waals surface area contributed by atoms with Gasteiger partial charge in [0.1, 0.15) is 0 Å². The van der Waals surface area contributed by atoms with E-state index in [4.69, 9.17) is 0 Å². The SMILES string of the molecule is CNCCN[C@H]1CC[C@@]23[C@@H](O)C[C@]4(C)CCC[C@@](O)(C4)[C@@H]2C[C@@]32CCC[C@@H]12. The van der Waals surface area contributed by atoms with Crippen LogP contribution >= 0.6 is 0 Å². The zero-order valence-corrected chi connectivity index (χ0v) is 17.4. The molecule has 27 heavy (non-hydrogen) atoms. The number of hydrogen-bond donors (Lipinski definition) is 4. The largest absolute Gasteiger partial charge is 0.392 e. The number of fused-ring (bicyclic) bond motifs is 3. The minimum Gasteiger partial charge on any atom is -0.392 e. The van der Waals surface area contributed by atoms with Gasteiger partial charge < -0.3 is 20.8 Å². The van der Waals surface area contributed by atoms with Crippen LogP contribution in [0.2, 0.25) is 0 Å². The second-order valence-corrected chi connectivity index (χ2v) is 11.3. The second kappa shape index (κ2) is 6.17. The Hall–Kier alpha value is -0.160. The van der Waals surface area contributed by atoms with Crippen LogP contribution in [0.3, 0.4) is 0 Å². The van der Waals surface area contributed by atoms with Crippen LogP contribution in [0, 0.1) is 28.1 Å². The van der Waals surface area contributed by atoms with Crippen molar-refractivity contribution in [1.29, 1.82) is 0 Å². The maximum absolute atomic E-state index is 11.8. The highest BCUT2D eigenvalue weighted by atomic mass is 16.3. The Labute approximate surface area is 164 Å². The van der Waals surface area contributed by atoms with Crippen molar-refractivity contribution in [3.63, 3.8) is 0 Å². The normalized spacial score (nSPS) is 56.4. The van der Waals surface area contributed by atoms with E-state index in [9.17, 15) is 10.2 Å². The van der Waals surface area contributed by atoms with E-state index in [1.54, 1.807) is 0 Å². The zero-order valence-electron chi connectivity index (χ0n) is 17.4. The van der Waals surface area contributed by atoms with Crippen molar-refractivity contribution >= 4 is 0 Å². The summed E-state index contributed by atoms with van der Waals surface area (Å²) in [6.07, 6.45) is 12.3. The molecule has 5 rings (SSSR count). The molecule has 154 valence electrons. The van der Waals surface area contributed by atoms with Crippen LogP contribution in [-0.4, -0.2) is 48.1 Å². The van der Waals surface area contributed by atoms with Crippen molar-refractivity contribution in [2.45, 2.75) is 95.3 Å². The average Bonchev–Trinajstić information content (AvgIpc) is 3.03. The smallest absolute Gasteiger partial charge is 0.0687 e. The molecule has 4 nitrogen and oxygen atoms in total. The zero-order chi connectivity index (χ0) is 18.9. The minimum atomic E-state index is -0.519. The molecule has 5 fully saturated rings. The molecular formula is C23H40N2O2. The Kier molecular flexibility index (Phi) is 4.30. The van der Waals surface area contributed by atoms with E-state index in [0.717, 1.165) is 45.2 Å². The number of likely N-dealkylation sites (N-methyl/N-ethyl adjacent to an activating group) is 1. The van der Waals surface area contributed by atoms with Crippen molar-refractivity contribution < 1.29 is 10.2 Å². The number of nitrogens with one attached hydrogen (secondary N) is 2. The standard InChI is InChI=1S/C23H40N2O2/c1-20-7-4-9-22(27,15-20)18-13-21-8-3-5-16(21)17(25-12-11-24-2)6-10-23(18,21)19(26)14-20/h16-19,24-27H,3-15H2,1-2H3/t16-,17-,18-,19-,20-,21+,22+,23-/m0/s1. The molecule has 0 aromatic carbocycles. The lowest BCUT2D eigenvalue weighted by Gasteiger charge is -2.73. The summed E-state index contributed by atoms with van der Waals surface area (Å²) < 4.78 is 0. The molecule has 0 heterocycles. The van der Waals surface area contributed by atoms with Gasteiger partial charge in [-0.2, -0.15) is 0 Å². The van der Waals surface area contributed by atoms with Crippen LogP contribution in [0.15, 0.2) is 0 Å². The topological polar surface area (TPSA) is 64.5 Å². The Morgan fingerprint density at radius 1 is 1.00 bits per heavy atom. The molecule has 2 spiro atoms. The fraction of sp³-hybridized carbons (Fsp3) is 1.00. The highest BCUT2D eigenvalue weighted by Gasteiger charge is 2.78. The van der Waals surface area contributed by atoms with Gasteiger partial charge in [-0.1, -0.05) is 19.8 Å². The van der Waals surface area contributed by atoms with Crippen LogP contribution in [-0.2, 0) is 0 Å². The Morgan fingerprint density at radius 2 is 1.85 bits per heavy atom. The van der Waals surface area contributed by atoms with Crippen molar-refractivity contribution in [2.24, 2.45) is 28.1 Å². The summed E-state index contributed by atoms with van der Waals surface area (Å²) in [6.45, 7) is 4.39. The van der Waals surface area contributed by atoms with Gasteiger partial charge in [-0.3, -0.25) is 0 Å². The van der Waals surface area contributed by atoms with Crippen molar-refractivity contribution in [2.75, 3.05) is 20.1 Å². The van der Waals surface area contributed by atoms with E-state index in [1.807, 2.05) is 7.05 Å². The summed E-state index contributed by atoms with van der Waals surface area (Å²) in [5.74, 6) is 1.03. The quantitative estimate of drug-likeness (QED) is 0.570. The molecule has 4 heteroatoms. The second-order valence-electron chi connectivity index (χ2n) is 11.3. The van der Waals surface area contributed by atoms with Gasteiger partial charge >= 0.3 is 0 Å². The number of hydrogen-bond acceptors (Lipinski definition) is 4. The first-order valence-corrected chi connectivity index (χ1v) is 11.7. The maximum atomic E-state index is 11.8. The van der Waals surface area contributed by atoms with Crippen molar-refractivity contribution in [3.05, 3.63) is 0 Å². The first-order chi connectivity index (χ1) is 12.9. The molecule has 0 aromatic heterocycles. The molecular weight excluding hydrogens is 336 g/mol. The van der Waals surface area contributed by atoms with E-state index < -0.39 is 5.60 Å². The van der Waals surface area contributed by atoms with Gasteiger partial charge in [-0.05, 0) is 87.5 Å². The highest BCUT2D eigenvalue weighted by Crippen LogP contribution is 2.80. The summed E-state index contributed by atoms with van der Waals surface area (Å²) in [6, 6.07) is 0.604. The molecule has 2 bridgehead atoms. The van der Waals surface area contributed by atoms with E-state index in [0.29, 0.717) is 17.9 Å². The predicted octanol–water partition coefficient (Wildman–Crippen LogP) is 2.83. The van der Waals surface area contributed by atoms with Crippen LogP contribution in [0.4, 0.5) is 0 Å². The van der Waals surface area contributed by atoms with Crippen molar-refractivity contribution in [1.82, 2.24) is 10.6 Å². The van der Waals surface area contributed by atoms with E-state index in [2.05, 4.69) is 17.6 Å². The summed E-state index contributed by atoms with van der Waals surface area (Å²) in [7, 11) is 2.02. The van der Waals surface area contributed by atoms with Crippen LogP contribution in [0.1, 0.15) is 77.6 Å². The lowest BCUT2D eigenvalue weighted by Crippen LogP contribution is -2.73. The fourth-order valence-electron chi connectivity index (χ4n) is 9.37.